The van der Waals surface area contributed by atoms with Gasteiger partial charge >= 0.3 is 0 Å². The van der Waals surface area contributed by atoms with E-state index in [-0.39, 0.29) is 22.9 Å². The van der Waals surface area contributed by atoms with Gasteiger partial charge in [0.1, 0.15) is 0 Å². The Morgan fingerprint density at radius 3 is 2.96 bits per heavy atom. The Bertz CT molecular complexity index is 696. The molecule has 3 rings (SSSR count). The third-order valence-electron chi connectivity index (χ3n) is 5.04. The molecule has 1 aromatic heterocycles. The second kappa shape index (κ2) is 7.84. The second-order valence-corrected chi connectivity index (χ2v) is 8.67. The second-order valence-electron chi connectivity index (χ2n) is 6.78. The zero-order chi connectivity index (χ0) is 17.9. The monoisotopic (exact) mass is 369 g/mol. The van der Waals surface area contributed by atoms with Crippen LogP contribution in [0.15, 0.2) is 17.6 Å². The number of hydrogen-bond acceptors (Lipinski definition) is 5. The molecule has 0 bridgehead atoms. The van der Waals surface area contributed by atoms with Gasteiger partial charge in [0.25, 0.3) is 10.0 Å². The molecule has 9 heteroatoms. The lowest BCUT2D eigenvalue weighted by Crippen LogP contribution is -2.46. The topological polar surface area (TPSA) is 96.3 Å². The molecule has 2 N–H and O–H groups in total. The highest BCUT2D eigenvalue weighted by atomic mass is 32.2. The average molecular weight is 369 g/mol. The maximum absolute atomic E-state index is 12.9. The lowest BCUT2D eigenvalue weighted by molar-refractivity contribution is -0.123. The van der Waals surface area contributed by atoms with Crippen molar-refractivity contribution < 1.29 is 13.2 Å². The minimum Gasteiger partial charge on any atom is -0.354 e. The van der Waals surface area contributed by atoms with Crippen molar-refractivity contribution in [2.24, 2.45) is 5.92 Å². The maximum atomic E-state index is 12.9. The quantitative estimate of drug-likeness (QED) is 0.745. The molecule has 8 nitrogen and oxygen atoms in total. The molecule has 2 atom stereocenters. The molecule has 0 spiro atoms. The molecule has 2 unspecified atom stereocenters. The van der Waals surface area contributed by atoms with Crippen molar-refractivity contribution in [1.82, 2.24) is 24.5 Å². The fraction of sp³-hybridized carbons (Fsp3) is 0.750. The van der Waals surface area contributed by atoms with Crippen LogP contribution in [0, 0.1) is 5.92 Å². The number of rotatable bonds is 6. The van der Waals surface area contributed by atoms with Crippen LogP contribution < -0.4 is 10.6 Å². The van der Waals surface area contributed by atoms with E-state index >= 15 is 0 Å². The number of imidazole rings is 1. The molecule has 0 saturated carbocycles. The van der Waals surface area contributed by atoms with Crippen molar-refractivity contribution >= 4 is 15.9 Å². The van der Waals surface area contributed by atoms with Crippen molar-refractivity contribution in [1.29, 1.82) is 0 Å². The molecule has 0 aliphatic carbocycles. The van der Waals surface area contributed by atoms with Gasteiger partial charge in [-0.25, -0.2) is 13.4 Å². The van der Waals surface area contributed by atoms with E-state index in [2.05, 4.69) is 15.6 Å². The molecule has 140 valence electrons. The van der Waals surface area contributed by atoms with E-state index in [1.165, 1.54) is 10.5 Å². The van der Waals surface area contributed by atoms with E-state index in [9.17, 15) is 13.2 Å². The molecule has 2 saturated heterocycles. The summed E-state index contributed by atoms with van der Waals surface area (Å²) in [5, 5.41) is 6.41. The zero-order valence-corrected chi connectivity index (χ0v) is 15.5. The zero-order valence-electron chi connectivity index (χ0n) is 14.6. The predicted octanol–water partition coefficient (Wildman–Crippen LogP) is 0.172. The van der Waals surface area contributed by atoms with Crippen LogP contribution in [0.4, 0.5) is 0 Å². The summed E-state index contributed by atoms with van der Waals surface area (Å²) in [5.41, 5.74) is 0. The van der Waals surface area contributed by atoms with Crippen molar-refractivity contribution in [3.63, 3.8) is 0 Å². The van der Waals surface area contributed by atoms with Crippen molar-refractivity contribution in [2.45, 2.75) is 50.2 Å². The summed E-state index contributed by atoms with van der Waals surface area (Å²) in [6, 6.07) is -0.0951. The first-order valence-electron chi connectivity index (χ1n) is 9.03. The minimum absolute atomic E-state index is 0.0292. The van der Waals surface area contributed by atoms with E-state index in [0.717, 1.165) is 32.2 Å². The van der Waals surface area contributed by atoms with E-state index < -0.39 is 10.0 Å². The molecule has 1 aromatic rings. The first-order valence-corrected chi connectivity index (χ1v) is 10.5. The highest BCUT2D eigenvalue weighted by Gasteiger charge is 2.32. The van der Waals surface area contributed by atoms with Crippen molar-refractivity contribution in [2.75, 3.05) is 26.2 Å². The largest absolute Gasteiger partial charge is 0.354 e. The predicted molar refractivity (Wildman–Crippen MR) is 93.4 cm³/mol. The van der Waals surface area contributed by atoms with Gasteiger partial charge in [0.05, 0.1) is 18.6 Å². The van der Waals surface area contributed by atoms with Gasteiger partial charge in [0, 0.05) is 26.2 Å². The Kier molecular flexibility index (Phi) is 5.75. The molecule has 2 fully saturated rings. The third kappa shape index (κ3) is 4.04. The number of sulfonamides is 1. The van der Waals surface area contributed by atoms with Crippen LogP contribution in [0.1, 0.15) is 32.6 Å². The van der Waals surface area contributed by atoms with Crippen molar-refractivity contribution in [3.05, 3.63) is 12.5 Å². The van der Waals surface area contributed by atoms with E-state index in [1.54, 1.807) is 10.9 Å². The van der Waals surface area contributed by atoms with Gasteiger partial charge in [-0.2, -0.15) is 4.31 Å². The molecular formula is C16H27N5O3S. The summed E-state index contributed by atoms with van der Waals surface area (Å²) in [6.07, 6.45) is 6.59. The van der Waals surface area contributed by atoms with E-state index in [4.69, 9.17) is 0 Å². The fourth-order valence-corrected chi connectivity index (χ4v) is 5.29. The number of hydrogen-bond donors (Lipinski definition) is 2. The van der Waals surface area contributed by atoms with Crippen LogP contribution in [-0.4, -0.2) is 60.4 Å². The molecule has 1 amide bonds. The normalized spacial score (nSPS) is 25.2. The number of piperidine rings is 1. The lowest BCUT2D eigenvalue weighted by atomic mass is 9.99. The van der Waals surface area contributed by atoms with Gasteiger partial charge in [-0.05, 0) is 45.1 Å². The lowest BCUT2D eigenvalue weighted by Gasteiger charge is -2.32. The van der Waals surface area contributed by atoms with Crippen LogP contribution in [0.2, 0.25) is 0 Å². The molecule has 2 aliphatic rings. The number of aromatic nitrogens is 2. The first kappa shape index (κ1) is 18.3. The Morgan fingerprint density at radius 1 is 1.40 bits per heavy atom. The number of nitrogens with one attached hydrogen (secondary N) is 2. The molecule has 0 aromatic carbocycles. The number of carbonyl (C=O) groups is 1. The summed E-state index contributed by atoms with van der Waals surface area (Å²) in [4.78, 5) is 16.1. The molecule has 0 radical (unpaired) electrons. The molecule has 2 aliphatic heterocycles. The van der Waals surface area contributed by atoms with E-state index in [1.807, 2.05) is 6.92 Å². The summed E-state index contributed by atoms with van der Waals surface area (Å²) in [5.74, 6) is 0.174. The van der Waals surface area contributed by atoms with Gasteiger partial charge in [-0.15, -0.1) is 0 Å². The van der Waals surface area contributed by atoms with Crippen LogP contribution in [0.3, 0.4) is 0 Å². The smallest absolute Gasteiger partial charge is 0.260 e. The van der Waals surface area contributed by atoms with Crippen LogP contribution in [0.5, 0.6) is 0 Å². The van der Waals surface area contributed by atoms with Crippen LogP contribution in [-0.2, 0) is 21.4 Å². The molecule has 25 heavy (non-hydrogen) atoms. The van der Waals surface area contributed by atoms with Crippen molar-refractivity contribution in [3.8, 4) is 0 Å². The summed E-state index contributed by atoms with van der Waals surface area (Å²) < 4.78 is 29.0. The van der Waals surface area contributed by atoms with Gasteiger partial charge in [-0.3, -0.25) is 4.79 Å². The van der Waals surface area contributed by atoms with Crippen LogP contribution in [0.25, 0.3) is 0 Å². The van der Waals surface area contributed by atoms with E-state index in [0.29, 0.717) is 26.2 Å². The Labute approximate surface area is 149 Å². The third-order valence-corrected chi connectivity index (χ3v) is 6.92. The molecule has 3 heterocycles. The summed E-state index contributed by atoms with van der Waals surface area (Å²) >= 11 is 0. The summed E-state index contributed by atoms with van der Waals surface area (Å²) in [6.45, 7) is 4.83. The number of amides is 1. The van der Waals surface area contributed by atoms with Gasteiger partial charge < -0.3 is 15.2 Å². The standard InChI is InChI=1S/C16H27N5O3S/c1-2-20-12-17-10-15(20)25(23,24)21-8-4-5-13(11-21)9-19-16(22)14-6-3-7-18-14/h10,12-14,18H,2-9,11H2,1H3,(H,19,22). The maximum Gasteiger partial charge on any atom is 0.260 e. The van der Waals surface area contributed by atoms with Crippen LogP contribution >= 0.6 is 0 Å². The minimum atomic E-state index is -3.54. The Hall–Kier alpha value is -1.45. The molecular weight excluding hydrogens is 342 g/mol. The van der Waals surface area contributed by atoms with Gasteiger partial charge in [-0.1, -0.05) is 0 Å². The van der Waals surface area contributed by atoms with Gasteiger partial charge in [0.2, 0.25) is 5.91 Å². The highest BCUT2D eigenvalue weighted by Crippen LogP contribution is 2.23. The fourth-order valence-electron chi connectivity index (χ4n) is 3.58. The SMILES string of the molecule is CCn1cncc1S(=O)(=O)N1CCCC(CNC(=O)C2CCCN2)C1. The number of nitrogens with zero attached hydrogens (tertiary/aromatic N) is 3. The highest BCUT2D eigenvalue weighted by molar-refractivity contribution is 7.89. The average Bonchev–Trinajstić information content (AvgIpc) is 3.31. The van der Waals surface area contributed by atoms with Gasteiger partial charge in [0.15, 0.2) is 5.03 Å². The Morgan fingerprint density at radius 2 is 2.24 bits per heavy atom. The Balaban J connectivity index is 1.60. The number of carbonyl (C=O) groups excluding carboxylic acids is 1. The first-order chi connectivity index (χ1) is 12.0. The number of aryl methyl sites for hydroxylation is 1. The summed E-state index contributed by atoms with van der Waals surface area (Å²) in [7, 11) is -3.54.